The highest BCUT2D eigenvalue weighted by molar-refractivity contribution is 9.10. The van der Waals surface area contributed by atoms with Crippen LogP contribution in [0.3, 0.4) is 0 Å². The number of thiazole rings is 1. The molecule has 84 valence electrons. The van der Waals surface area contributed by atoms with Crippen LogP contribution in [0.4, 0.5) is 0 Å². The van der Waals surface area contributed by atoms with E-state index >= 15 is 0 Å². The Bertz CT molecular complexity index is 481. The SMILES string of the molecule is Cc1nc(C(Br)Cc2cccc(Br)c2)cs1. The Morgan fingerprint density at radius 3 is 2.88 bits per heavy atom. The maximum atomic E-state index is 4.49. The topological polar surface area (TPSA) is 12.9 Å². The summed E-state index contributed by atoms with van der Waals surface area (Å²) in [5, 5.41) is 3.24. The molecule has 2 aromatic rings. The summed E-state index contributed by atoms with van der Waals surface area (Å²) in [5.41, 5.74) is 2.43. The predicted molar refractivity (Wildman–Crippen MR) is 76.4 cm³/mol. The fourth-order valence-electron chi connectivity index (χ4n) is 1.50. The van der Waals surface area contributed by atoms with Gasteiger partial charge in [-0.25, -0.2) is 4.98 Å². The summed E-state index contributed by atoms with van der Waals surface area (Å²) in [6, 6.07) is 8.39. The molecule has 0 saturated heterocycles. The lowest BCUT2D eigenvalue weighted by molar-refractivity contribution is 0.909. The first-order chi connectivity index (χ1) is 7.65. The van der Waals surface area contributed by atoms with Crippen molar-refractivity contribution in [3.63, 3.8) is 0 Å². The maximum Gasteiger partial charge on any atom is 0.0897 e. The molecule has 16 heavy (non-hydrogen) atoms. The van der Waals surface area contributed by atoms with Gasteiger partial charge in [0.05, 0.1) is 15.5 Å². The van der Waals surface area contributed by atoms with Gasteiger partial charge < -0.3 is 0 Å². The Kier molecular flexibility index (Phi) is 4.16. The molecular weight excluding hydrogens is 350 g/mol. The van der Waals surface area contributed by atoms with E-state index in [-0.39, 0.29) is 0 Å². The van der Waals surface area contributed by atoms with Crippen molar-refractivity contribution >= 4 is 43.2 Å². The molecule has 1 atom stereocenters. The predicted octanol–water partition coefficient (Wildman–Crippen LogP) is 4.89. The van der Waals surface area contributed by atoms with Gasteiger partial charge in [0.25, 0.3) is 0 Å². The van der Waals surface area contributed by atoms with Gasteiger partial charge in [0.2, 0.25) is 0 Å². The number of aromatic nitrogens is 1. The van der Waals surface area contributed by atoms with Crippen molar-refractivity contribution in [1.29, 1.82) is 0 Å². The quantitative estimate of drug-likeness (QED) is 0.710. The van der Waals surface area contributed by atoms with Crippen molar-refractivity contribution in [3.05, 3.63) is 50.4 Å². The lowest BCUT2D eigenvalue weighted by Crippen LogP contribution is -1.95. The van der Waals surface area contributed by atoms with Crippen LogP contribution in [0.2, 0.25) is 0 Å². The van der Waals surface area contributed by atoms with Gasteiger partial charge in [-0.05, 0) is 31.0 Å². The molecule has 0 fully saturated rings. The highest BCUT2D eigenvalue weighted by Crippen LogP contribution is 2.28. The first kappa shape index (κ1) is 12.3. The third-order valence-corrected chi connectivity index (χ3v) is 4.34. The summed E-state index contributed by atoms with van der Waals surface area (Å²) in [5.74, 6) is 0. The lowest BCUT2D eigenvalue weighted by Gasteiger charge is -2.07. The van der Waals surface area contributed by atoms with Crippen LogP contribution in [0.25, 0.3) is 0 Å². The first-order valence-electron chi connectivity index (χ1n) is 4.95. The normalized spacial score (nSPS) is 12.7. The average Bonchev–Trinajstić information content (AvgIpc) is 2.65. The standard InChI is InChI=1S/C12H11Br2NS/c1-8-15-12(7-16-8)11(14)6-9-3-2-4-10(13)5-9/h2-5,7,11H,6H2,1H3. The van der Waals surface area contributed by atoms with Gasteiger partial charge in [-0.3, -0.25) is 0 Å². The fraction of sp³-hybridized carbons (Fsp3) is 0.250. The van der Waals surface area contributed by atoms with Gasteiger partial charge in [-0.2, -0.15) is 0 Å². The zero-order chi connectivity index (χ0) is 11.5. The number of hydrogen-bond donors (Lipinski definition) is 0. The Morgan fingerprint density at radius 2 is 2.25 bits per heavy atom. The molecule has 0 amide bonds. The number of aryl methyl sites for hydroxylation is 1. The van der Waals surface area contributed by atoms with E-state index in [1.54, 1.807) is 11.3 Å². The summed E-state index contributed by atoms with van der Waals surface area (Å²) in [4.78, 5) is 4.79. The van der Waals surface area contributed by atoms with Crippen molar-refractivity contribution in [2.24, 2.45) is 0 Å². The van der Waals surface area contributed by atoms with Gasteiger partial charge in [0.1, 0.15) is 0 Å². The van der Waals surface area contributed by atoms with Crippen molar-refractivity contribution in [2.45, 2.75) is 18.2 Å². The second-order valence-electron chi connectivity index (χ2n) is 3.59. The fourth-order valence-corrected chi connectivity index (χ4v) is 3.40. The third kappa shape index (κ3) is 3.15. The van der Waals surface area contributed by atoms with Crippen molar-refractivity contribution in [2.75, 3.05) is 0 Å². The highest BCUT2D eigenvalue weighted by Gasteiger charge is 2.11. The minimum Gasteiger partial charge on any atom is -0.245 e. The number of hydrogen-bond acceptors (Lipinski definition) is 2. The molecule has 1 aromatic carbocycles. The molecule has 0 saturated carbocycles. The third-order valence-electron chi connectivity index (χ3n) is 2.26. The van der Waals surface area contributed by atoms with E-state index in [1.165, 1.54) is 5.56 Å². The van der Waals surface area contributed by atoms with Crippen LogP contribution < -0.4 is 0 Å². The molecule has 0 aliphatic rings. The van der Waals surface area contributed by atoms with Gasteiger partial charge >= 0.3 is 0 Å². The Hall–Kier alpha value is -0.190. The minimum atomic E-state index is 0.298. The monoisotopic (exact) mass is 359 g/mol. The molecule has 0 spiro atoms. The van der Waals surface area contributed by atoms with Crippen LogP contribution in [-0.4, -0.2) is 4.98 Å². The van der Waals surface area contributed by atoms with Gasteiger partial charge in [0, 0.05) is 9.85 Å². The van der Waals surface area contributed by atoms with E-state index in [1.807, 2.05) is 13.0 Å². The molecule has 1 aromatic heterocycles. The minimum absolute atomic E-state index is 0.298. The molecule has 1 heterocycles. The molecular formula is C12H11Br2NS. The highest BCUT2D eigenvalue weighted by atomic mass is 79.9. The molecule has 1 unspecified atom stereocenters. The van der Waals surface area contributed by atoms with Gasteiger partial charge in [-0.1, -0.05) is 44.0 Å². The summed E-state index contributed by atoms with van der Waals surface area (Å²) in [7, 11) is 0. The average molecular weight is 361 g/mol. The molecule has 0 aliphatic carbocycles. The number of alkyl halides is 1. The molecule has 0 aliphatic heterocycles. The Labute approximate surface area is 116 Å². The van der Waals surface area contributed by atoms with Crippen LogP contribution >= 0.6 is 43.2 Å². The molecule has 2 rings (SSSR count). The van der Waals surface area contributed by atoms with Gasteiger partial charge in [0.15, 0.2) is 0 Å². The van der Waals surface area contributed by atoms with Crippen LogP contribution in [-0.2, 0) is 6.42 Å². The molecule has 0 N–H and O–H groups in total. The van der Waals surface area contributed by atoms with Crippen LogP contribution in [0.15, 0.2) is 34.1 Å². The second-order valence-corrected chi connectivity index (χ2v) is 6.68. The van der Waals surface area contributed by atoms with E-state index in [0.29, 0.717) is 4.83 Å². The van der Waals surface area contributed by atoms with Crippen LogP contribution in [0.1, 0.15) is 21.1 Å². The van der Waals surface area contributed by atoms with Crippen LogP contribution in [0, 0.1) is 6.92 Å². The van der Waals surface area contributed by atoms with Crippen molar-refractivity contribution < 1.29 is 0 Å². The number of nitrogens with zero attached hydrogens (tertiary/aromatic N) is 1. The second kappa shape index (κ2) is 5.43. The maximum absolute atomic E-state index is 4.49. The summed E-state index contributed by atoms with van der Waals surface area (Å²) < 4.78 is 1.12. The Morgan fingerprint density at radius 1 is 1.44 bits per heavy atom. The van der Waals surface area contributed by atoms with Crippen LogP contribution in [0.5, 0.6) is 0 Å². The van der Waals surface area contributed by atoms with E-state index in [2.05, 4.69) is 60.4 Å². The summed E-state index contributed by atoms with van der Waals surface area (Å²) >= 11 is 8.87. The van der Waals surface area contributed by atoms with Gasteiger partial charge in [-0.15, -0.1) is 11.3 Å². The summed E-state index contributed by atoms with van der Waals surface area (Å²) in [6.07, 6.45) is 0.961. The lowest BCUT2D eigenvalue weighted by atomic mass is 10.1. The smallest absolute Gasteiger partial charge is 0.0897 e. The zero-order valence-electron chi connectivity index (χ0n) is 8.78. The zero-order valence-corrected chi connectivity index (χ0v) is 12.8. The summed E-state index contributed by atoms with van der Waals surface area (Å²) in [6.45, 7) is 2.03. The molecule has 0 bridgehead atoms. The van der Waals surface area contributed by atoms with E-state index < -0.39 is 0 Å². The van der Waals surface area contributed by atoms with E-state index in [0.717, 1.165) is 21.6 Å². The van der Waals surface area contributed by atoms with E-state index in [9.17, 15) is 0 Å². The van der Waals surface area contributed by atoms with Crippen molar-refractivity contribution in [3.8, 4) is 0 Å². The Balaban J connectivity index is 2.10. The molecule has 1 nitrogen and oxygen atoms in total. The number of halogens is 2. The molecule has 4 heteroatoms. The van der Waals surface area contributed by atoms with E-state index in [4.69, 9.17) is 0 Å². The first-order valence-corrected chi connectivity index (χ1v) is 7.54. The van der Waals surface area contributed by atoms with Crippen molar-refractivity contribution in [1.82, 2.24) is 4.98 Å². The molecule has 0 radical (unpaired) electrons. The largest absolute Gasteiger partial charge is 0.245 e. The number of rotatable bonds is 3. The number of benzene rings is 1.